The predicted octanol–water partition coefficient (Wildman–Crippen LogP) is 5.39. The van der Waals surface area contributed by atoms with E-state index < -0.39 is 0 Å². The minimum Gasteiger partial charge on any atom is -0.489 e. The first-order chi connectivity index (χ1) is 14.5. The summed E-state index contributed by atoms with van der Waals surface area (Å²) in [6.07, 6.45) is 2.47. The van der Waals surface area contributed by atoms with Crippen molar-refractivity contribution >= 4 is 23.4 Å². The molecule has 30 heavy (non-hydrogen) atoms. The smallest absolute Gasteiger partial charge is 0.120 e. The SMILES string of the molecule is CCC([NH3+])(CO)CCc1ccc(Sc2cccc(OCc3ccccc3)c2)cc1Cl. The Labute approximate surface area is 188 Å². The zero-order chi connectivity index (χ0) is 21.4. The van der Waals surface area contributed by atoms with Crippen molar-refractivity contribution in [1.29, 1.82) is 0 Å². The molecule has 3 rings (SSSR count). The van der Waals surface area contributed by atoms with Gasteiger partial charge in [-0.3, -0.25) is 0 Å². The Morgan fingerprint density at radius 2 is 1.77 bits per heavy atom. The molecule has 0 fully saturated rings. The molecule has 0 aromatic heterocycles. The van der Waals surface area contributed by atoms with E-state index in [9.17, 15) is 5.11 Å². The summed E-state index contributed by atoms with van der Waals surface area (Å²) < 4.78 is 5.93. The number of ether oxygens (including phenoxy) is 1. The largest absolute Gasteiger partial charge is 0.489 e. The number of aliphatic hydroxyl groups is 1. The lowest BCUT2D eigenvalue weighted by Gasteiger charge is -2.21. The monoisotopic (exact) mass is 442 g/mol. The summed E-state index contributed by atoms with van der Waals surface area (Å²) in [6.45, 7) is 2.70. The second kappa shape index (κ2) is 10.9. The summed E-state index contributed by atoms with van der Waals surface area (Å²) in [5, 5.41) is 10.3. The minimum atomic E-state index is -0.295. The lowest BCUT2D eigenvalue weighted by atomic mass is 9.90. The third kappa shape index (κ3) is 6.51. The summed E-state index contributed by atoms with van der Waals surface area (Å²) in [5.74, 6) is 0.849. The van der Waals surface area contributed by atoms with Crippen LogP contribution in [-0.4, -0.2) is 17.3 Å². The minimum absolute atomic E-state index is 0.0950. The van der Waals surface area contributed by atoms with E-state index >= 15 is 0 Å². The van der Waals surface area contributed by atoms with Crippen molar-refractivity contribution < 1.29 is 15.6 Å². The molecule has 1 atom stereocenters. The van der Waals surface area contributed by atoms with Gasteiger partial charge in [0.05, 0.1) is 6.61 Å². The van der Waals surface area contributed by atoms with Gasteiger partial charge in [-0.15, -0.1) is 0 Å². The number of benzene rings is 3. The average molecular weight is 443 g/mol. The Balaban J connectivity index is 1.61. The third-order valence-corrected chi connectivity index (χ3v) is 6.66. The van der Waals surface area contributed by atoms with Crippen molar-refractivity contribution in [2.24, 2.45) is 0 Å². The number of aliphatic hydroxyl groups excluding tert-OH is 1. The van der Waals surface area contributed by atoms with E-state index in [1.54, 1.807) is 11.8 Å². The number of aryl methyl sites for hydroxylation is 1. The number of rotatable bonds is 10. The fraction of sp³-hybridized carbons (Fsp3) is 0.280. The van der Waals surface area contributed by atoms with Crippen LogP contribution in [0.25, 0.3) is 0 Å². The molecule has 158 valence electrons. The molecule has 0 spiro atoms. The highest BCUT2D eigenvalue weighted by atomic mass is 35.5. The van der Waals surface area contributed by atoms with Crippen LogP contribution in [0, 0.1) is 0 Å². The maximum Gasteiger partial charge on any atom is 0.120 e. The molecule has 0 aliphatic carbocycles. The first-order valence-electron chi connectivity index (χ1n) is 10.2. The van der Waals surface area contributed by atoms with Crippen molar-refractivity contribution in [1.82, 2.24) is 0 Å². The molecule has 0 amide bonds. The average Bonchev–Trinajstić information content (AvgIpc) is 2.78. The zero-order valence-corrected chi connectivity index (χ0v) is 18.9. The van der Waals surface area contributed by atoms with Crippen LogP contribution in [0.5, 0.6) is 5.75 Å². The standard InChI is InChI=1S/C25H28ClNO2S/c1-2-25(27,18-28)14-13-20-11-12-23(16-24(20)26)30-22-10-6-9-21(15-22)29-17-19-7-4-3-5-8-19/h3-12,15-16,28H,2,13-14,17-18,27H2,1H3/p+1. The molecule has 4 N–H and O–H groups in total. The fourth-order valence-electron chi connectivity index (χ4n) is 3.07. The van der Waals surface area contributed by atoms with Crippen molar-refractivity contribution in [2.45, 2.75) is 48.1 Å². The Kier molecular flexibility index (Phi) is 8.23. The van der Waals surface area contributed by atoms with Gasteiger partial charge in [0, 0.05) is 27.7 Å². The van der Waals surface area contributed by atoms with Gasteiger partial charge in [0.1, 0.15) is 17.9 Å². The molecule has 0 radical (unpaired) electrons. The molecule has 0 bridgehead atoms. The van der Waals surface area contributed by atoms with Gasteiger partial charge in [-0.2, -0.15) is 0 Å². The molecular formula is C25H29ClNO2S+. The van der Waals surface area contributed by atoms with Crippen molar-refractivity contribution in [3.8, 4) is 5.75 Å². The van der Waals surface area contributed by atoms with Gasteiger partial charge in [-0.1, -0.05) is 72.8 Å². The van der Waals surface area contributed by atoms with Crippen LogP contribution >= 0.6 is 23.4 Å². The summed E-state index contributed by atoms with van der Waals surface area (Å²) in [6, 6.07) is 24.4. The van der Waals surface area contributed by atoms with E-state index in [4.69, 9.17) is 16.3 Å². The van der Waals surface area contributed by atoms with Crippen molar-refractivity contribution in [3.63, 3.8) is 0 Å². The van der Waals surface area contributed by atoms with Gasteiger partial charge < -0.3 is 15.6 Å². The van der Waals surface area contributed by atoms with Crippen LogP contribution in [0.4, 0.5) is 0 Å². The van der Waals surface area contributed by atoms with Gasteiger partial charge in [-0.05, 0) is 47.9 Å². The highest BCUT2D eigenvalue weighted by Gasteiger charge is 2.25. The summed E-state index contributed by atoms with van der Waals surface area (Å²) in [5.41, 5.74) is 6.10. The highest BCUT2D eigenvalue weighted by molar-refractivity contribution is 7.99. The number of quaternary nitrogens is 1. The summed E-state index contributed by atoms with van der Waals surface area (Å²) in [4.78, 5) is 2.19. The highest BCUT2D eigenvalue weighted by Crippen LogP contribution is 2.33. The first-order valence-corrected chi connectivity index (χ1v) is 11.4. The quantitative estimate of drug-likeness (QED) is 0.442. The topological polar surface area (TPSA) is 57.1 Å². The Morgan fingerprint density at radius 1 is 1.00 bits per heavy atom. The van der Waals surface area contributed by atoms with E-state index in [0.29, 0.717) is 6.61 Å². The number of hydrogen-bond donors (Lipinski definition) is 2. The van der Waals surface area contributed by atoms with Crippen LogP contribution in [0.1, 0.15) is 30.9 Å². The molecule has 3 nitrogen and oxygen atoms in total. The molecule has 0 saturated carbocycles. The zero-order valence-electron chi connectivity index (χ0n) is 17.3. The van der Waals surface area contributed by atoms with Gasteiger partial charge in [0.2, 0.25) is 0 Å². The van der Waals surface area contributed by atoms with Crippen molar-refractivity contribution in [3.05, 3.63) is 88.9 Å². The van der Waals surface area contributed by atoms with E-state index in [0.717, 1.165) is 51.0 Å². The lowest BCUT2D eigenvalue weighted by molar-refractivity contribution is -0.486. The molecular weight excluding hydrogens is 414 g/mol. The molecule has 0 aliphatic heterocycles. The molecule has 3 aromatic rings. The Morgan fingerprint density at radius 3 is 2.47 bits per heavy atom. The second-order valence-corrected chi connectivity index (χ2v) is 9.17. The summed E-state index contributed by atoms with van der Waals surface area (Å²) >= 11 is 8.20. The van der Waals surface area contributed by atoms with Crippen molar-refractivity contribution in [2.75, 3.05) is 6.61 Å². The predicted molar refractivity (Wildman–Crippen MR) is 124 cm³/mol. The molecule has 3 aromatic carbocycles. The van der Waals surface area contributed by atoms with Gasteiger partial charge in [-0.25, -0.2) is 0 Å². The third-order valence-electron chi connectivity index (χ3n) is 5.32. The lowest BCUT2D eigenvalue weighted by Crippen LogP contribution is -2.74. The van der Waals surface area contributed by atoms with E-state index in [-0.39, 0.29) is 12.1 Å². The van der Waals surface area contributed by atoms with Gasteiger partial charge in [0.15, 0.2) is 0 Å². The molecule has 0 aliphatic rings. The van der Waals surface area contributed by atoms with Crippen LogP contribution in [0.2, 0.25) is 5.02 Å². The van der Waals surface area contributed by atoms with Crippen LogP contribution < -0.4 is 10.5 Å². The van der Waals surface area contributed by atoms with E-state index in [1.165, 1.54) is 0 Å². The maximum atomic E-state index is 9.56. The van der Waals surface area contributed by atoms with Crippen LogP contribution in [0.3, 0.4) is 0 Å². The number of hydrogen-bond acceptors (Lipinski definition) is 3. The second-order valence-electron chi connectivity index (χ2n) is 7.62. The van der Waals surface area contributed by atoms with Gasteiger partial charge >= 0.3 is 0 Å². The Bertz CT molecular complexity index is 945. The van der Waals surface area contributed by atoms with Gasteiger partial charge in [0.25, 0.3) is 0 Å². The maximum absolute atomic E-state index is 9.56. The first kappa shape index (κ1) is 22.7. The van der Waals surface area contributed by atoms with E-state index in [2.05, 4.69) is 49.1 Å². The summed E-state index contributed by atoms with van der Waals surface area (Å²) in [7, 11) is 0. The molecule has 0 saturated heterocycles. The van der Waals surface area contributed by atoms with Crippen LogP contribution in [-0.2, 0) is 13.0 Å². The number of halogens is 1. The Hall–Kier alpha value is -1.98. The van der Waals surface area contributed by atoms with E-state index in [1.807, 2.05) is 36.4 Å². The fourth-order valence-corrected chi connectivity index (χ4v) is 4.31. The molecule has 0 heterocycles. The van der Waals surface area contributed by atoms with Crippen LogP contribution in [0.15, 0.2) is 82.6 Å². The molecule has 1 unspecified atom stereocenters. The molecule has 5 heteroatoms. The normalized spacial score (nSPS) is 13.1.